The summed E-state index contributed by atoms with van der Waals surface area (Å²) in [7, 11) is 0. The van der Waals surface area contributed by atoms with Crippen LogP contribution in [0.2, 0.25) is 0 Å². The van der Waals surface area contributed by atoms with Gasteiger partial charge in [0.15, 0.2) is 0 Å². The van der Waals surface area contributed by atoms with Gasteiger partial charge in [-0.05, 0) is 32.1 Å². The third-order valence-electron chi connectivity index (χ3n) is 4.37. The number of carbonyl (C=O) groups is 1. The van der Waals surface area contributed by atoms with Crippen LogP contribution < -0.4 is 5.32 Å². The number of amides is 1. The Kier molecular flexibility index (Phi) is 7.06. The number of alkyl halides is 1. The molecule has 0 aromatic carbocycles. The minimum absolute atomic E-state index is 0.120. The molecule has 0 saturated heterocycles. The van der Waals surface area contributed by atoms with Crippen LogP contribution in [0, 0.1) is 5.92 Å². The van der Waals surface area contributed by atoms with Crippen molar-refractivity contribution in [3.63, 3.8) is 0 Å². The summed E-state index contributed by atoms with van der Waals surface area (Å²) in [5.74, 6) is 1.59. The monoisotopic (exact) mass is 273 g/mol. The lowest BCUT2D eigenvalue weighted by Gasteiger charge is -2.29. The zero-order chi connectivity index (χ0) is 13.4. The molecule has 0 aromatic rings. The Morgan fingerprint density at radius 1 is 1.33 bits per heavy atom. The zero-order valence-corrected chi connectivity index (χ0v) is 12.7. The highest BCUT2D eigenvalue weighted by atomic mass is 35.5. The van der Waals surface area contributed by atoms with Crippen LogP contribution in [-0.2, 0) is 4.79 Å². The third-order valence-corrected chi connectivity index (χ3v) is 4.56. The van der Waals surface area contributed by atoms with Crippen LogP contribution in [0.25, 0.3) is 0 Å². The highest BCUT2D eigenvalue weighted by Crippen LogP contribution is 2.27. The second kappa shape index (κ2) is 8.04. The largest absolute Gasteiger partial charge is 0.351 e. The molecule has 0 spiro atoms. The van der Waals surface area contributed by atoms with E-state index in [0.717, 1.165) is 25.2 Å². The van der Waals surface area contributed by atoms with Crippen molar-refractivity contribution in [2.75, 3.05) is 5.88 Å². The molecular formula is C15H28ClNO. The maximum Gasteiger partial charge on any atom is 0.220 e. The van der Waals surface area contributed by atoms with Gasteiger partial charge in [0.2, 0.25) is 5.91 Å². The zero-order valence-electron chi connectivity index (χ0n) is 11.9. The van der Waals surface area contributed by atoms with Crippen LogP contribution in [-0.4, -0.2) is 17.3 Å². The Morgan fingerprint density at radius 3 is 2.56 bits per heavy atom. The molecule has 2 nitrogen and oxygen atoms in total. The van der Waals surface area contributed by atoms with Crippen molar-refractivity contribution < 1.29 is 4.79 Å². The molecule has 106 valence electrons. The summed E-state index contributed by atoms with van der Waals surface area (Å²) in [4.78, 5) is 12.0. The molecule has 0 aromatic heterocycles. The second-order valence-electron chi connectivity index (χ2n) is 5.94. The Labute approximate surface area is 117 Å². The quantitative estimate of drug-likeness (QED) is 0.690. The molecule has 1 atom stereocenters. The minimum Gasteiger partial charge on any atom is -0.351 e. The van der Waals surface area contributed by atoms with E-state index in [1.807, 2.05) is 0 Å². The van der Waals surface area contributed by atoms with Crippen molar-refractivity contribution in [3.8, 4) is 0 Å². The first-order valence-corrected chi connectivity index (χ1v) is 8.00. The van der Waals surface area contributed by atoms with E-state index in [-0.39, 0.29) is 11.4 Å². The van der Waals surface area contributed by atoms with Gasteiger partial charge in [-0.1, -0.05) is 39.0 Å². The lowest BCUT2D eigenvalue weighted by atomic mass is 9.86. The number of rotatable bonds is 7. The molecule has 1 fully saturated rings. The smallest absolute Gasteiger partial charge is 0.220 e. The number of nitrogens with one attached hydrogen (secondary N) is 1. The van der Waals surface area contributed by atoms with Gasteiger partial charge in [-0.2, -0.15) is 0 Å². The van der Waals surface area contributed by atoms with E-state index in [2.05, 4.69) is 19.2 Å². The topological polar surface area (TPSA) is 29.1 Å². The highest BCUT2D eigenvalue weighted by Gasteiger charge is 2.24. The van der Waals surface area contributed by atoms with Gasteiger partial charge >= 0.3 is 0 Å². The minimum atomic E-state index is -0.120. The van der Waals surface area contributed by atoms with Crippen LogP contribution in [0.5, 0.6) is 0 Å². The Morgan fingerprint density at radius 2 is 2.00 bits per heavy atom. The van der Waals surface area contributed by atoms with E-state index in [4.69, 9.17) is 11.6 Å². The third kappa shape index (κ3) is 5.60. The van der Waals surface area contributed by atoms with Crippen LogP contribution in [0.4, 0.5) is 0 Å². The average Bonchev–Trinajstić information content (AvgIpc) is 2.38. The molecule has 0 radical (unpaired) electrons. The average molecular weight is 274 g/mol. The van der Waals surface area contributed by atoms with Gasteiger partial charge in [0, 0.05) is 17.8 Å². The molecule has 1 amide bonds. The van der Waals surface area contributed by atoms with Crippen molar-refractivity contribution in [3.05, 3.63) is 0 Å². The van der Waals surface area contributed by atoms with Gasteiger partial charge in [-0.3, -0.25) is 4.79 Å². The SMILES string of the molecule is CCC(C)(CCCl)NC(=O)CCC1CCCCC1. The predicted molar refractivity (Wildman–Crippen MR) is 78.0 cm³/mol. The number of hydrogen-bond acceptors (Lipinski definition) is 1. The summed E-state index contributed by atoms with van der Waals surface area (Å²) in [5, 5.41) is 3.16. The maximum atomic E-state index is 12.0. The van der Waals surface area contributed by atoms with Gasteiger partial charge in [-0.25, -0.2) is 0 Å². The van der Waals surface area contributed by atoms with Crippen LogP contribution in [0.3, 0.4) is 0 Å². The Hall–Kier alpha value is -0.240. The van der Waals surface area contributed by atoms with E-state index in [0.29, 0.717) is 12.3 Å². The first-order chi connectivity index (χ1) is 8.59. The summed E-state index contributed by atoms with van der Waals surface area (Å²) < 4.78 is 0. The van der Waals surface area contributed by atoms with Crippen molar-refractivity contribution in [2.24, 2.45) is 5.92 Å². The molecule has 0 bridgehead atoms. The molecule has 1 aliphatic rings. The standard InChI is InChI=1S/C15H28ClNO/c1-3-15(2,11-12-16)17-14(18)10-9-13-7-5-4-6-8-13/h13H,3-12H2,1-2H3,(H,17,18). The summed E-state index contributed by atoms with van der Waals surface area (Å²) in [6, 6.07) is 0. The van der Waals surface area contributed by atoms with E-state index < -0.39 is 0 Å². The van der Waals surface area contributed by atoms with Crippen LogP contribution >= 0.6 is 11.6 Å². The van der Waals surface area contributed by atoms with Crippen molar-refractivity contribution in [1.82, 2.24) is 5.32 Å². The predicted octanol–water partition coefficient (Wildman–Crippen LogP) is 4.26. The molecule has 3 heteroatoms. The Bertz CT molecular complexity index is 251. The molecular weight excluding hydrogens is 246 g/mol. The fourth-order valence-corrected chi connectivity index (χ4v) is 3.16. The van der Waals surface area contributed by atoms with E-state index >= 15 is 0 Å². The van der Waals surface area contributed by atoms with Crippen molar-refractivity contribution >= 4 is 17.5 Å². The molecule has 1 N–H and O–H groups in total. The molecule has 1 unspecified atom stereocenters. The normalized spacial score (nSPS) is 20.4. The van der Waals surface area contributed by atoms with Gasteiger partial charge in [-0.15, -0.1) is 11.6 Å². The summed E-state index contributed by atoms with van der Waals surface area (Å²) in [6.45, 7) is 4.20. The maximum absolute atomic E-state index is 12.0. The van der Waals surface area contributed by atoms with Crippen LogP contribution in [0.15, 0.2) is 0 Å². The summed E-state index contributed by atoms with van der Waals surface area (Å²) in [5.41, 5.74) is -0.120. The van der Waals surface area contributed by atoms with Gasteiger partial charge < -0.3 is 5.32 Å². The molecule has 1 saturated carbocycles. The first kappa shape index (κ1) is 15.8. The number of carbonyl (C=O) groups excluding carboxylic acids is 1. The lowest BCUT2D eigenvalue weighted by molar-refractivity contribution is -0.123. The lowest BCUT2D eigenvalue weighted by Crippen LogP contribution is -2.45. The molecule has 0 heterocycles. The number of halogens is 1. The van der Waals surface area contributed by atoms with E-state index in [1.54, 1.807) is 0 Å². The first-order valence-electron chi connectivity index (χ1n) is 7.46. The summed E-state index contributed by atoms with van der Waals surface area (Å²) >= 11 is 5.80. The van der Waals surface area contributed by atoms with Gasteiger partial charge in [0.1, 0.15) is 0 Å². The van der Waals surface area contributed by atoms with Gasteiger partial charge in [0.25, 0.3) is 0 Å². The van der Waals surface area contributed by atoms with Crippen LogP contribution in [0.1, 0.15) is 71.6 Å². The second-order valence-corrected chi connectivity index (χ2v) is 6.32. The highest BCUT2D eigenvalue weighted by molar-refractivity contribution is 6.17. The Balaban J connectivity index is 2.27. The summed E-state index contributed by atoms with van der Waals surface area (Å²) in [6.07, 6.45) is 10.3. The molecule has 18 heavy (non-hydrogen) atoms. The fourth-order valence-electron chi connectivity index (χ4n) is 2.75. The molecule has 1 aliphatic carbocycles. The van der Waals surface area contributed by atoms with Crippen molar-refractivity contribution in [1.29, 1.82) is 0 Å². The molecule has 1 rings (SSSR count). The number of hydrogen-bond donors (Lipinski definition) is 1. The van der Waals surface area contributed by atoms with Crippen molar-refractivity contribution in [2.45, 2.75) is 77.2 Å². The van der Waals surface area contributed by atoms with Gasteiger partial charge in [0.05, 0.1) is 0 Å². The van der Waals surface area contributed by atoms with E-state index in [9.17, 15) is 4.79 Å². The fraction of sp³-hybridized carbons (Fsp3) is 0.933. The molecule has 0 aliphatic heterocycles. The van der Waals surface area contributed by atoms with E-state index in [1.165, 1.54) is 32.1 Å².